The predicted octanol–water partition coefficient (Wildman–Crippen LogP) is 4.75. The molecule has 0 fully saturated rings. The van der Waals surface area contributed by atoms with E-state index < -0.39 is 18.4 Å². The first kappa shape index (κ1) is 19.6. The summed E-state index contributed by atoms with van der Waals surface area (Å²) >= 11 is -2.38. The zero-order chi connectivity index (χ0) is 16.3. The van der Waals surface area contributed by atoms with E-state index in [1.54, 1.807) is 0 Å². The molecule has 22 heavy (non-hydrogen) atoms. The summed E-state index contributed by atoms with van der Waals surface area (Å²) in [6.07, 6.45) is 11.8. The van der Waals surface area contributed by atoms with Crippen LogP contribution in [0.25, 0.3) is 0 Å². The first-order valence-electron chi connectivity index (χ1n) is 8.97. The first-order chi connectivity index (χ1) is 10.7. The van der Waals surface area contributed by atoms with E-state index in [9.17, 15) is 0 Å². The van der Waals surface area contributed by atoms with Gasteiger partial charge in [0.2, 0.25) is 0 Å². The second-order valence-corrected chi connectivity index (χ2v) is 19.4. The summed E-state index contributed by atoms with van der Waals surface area (Å²) in [5, 5.41) is 0. The molecule has 1 aromatic heterocycles. The number of nitrogens with zero attached hydrogens (tertiary/aromatic N) is 2. The van der Waals surface area contributed by atoms with E-state index in [-0.39, 0.29) is 0 Å². The summed E-state index contributed by atoms with van der Waals surface area (Å²) in [7, 11) is 0. The number of hydrogen-bond donors (Lipinski definition) is 0. The van der Waals surface area contributed by atoms with Gasteiger partial charge in [-0.2, -0.15) is 0 Å². The van der Waals surface area contributed by atoms with Crippen LogP contribution in [0.2, 0.25) is 13.3 Å². The van der Waals surface area contributed by atoms with Crippen LogP contribution >= 0.6 is 0 Å². The van der Waals surface area contributed by atoms with Crippen LogP contribution in [0.4, 0.5) is 0 Å². The van der Waals surface area contributed by atoms with Crippen LogP contribution in [0.3, 0.4) is 0 Å². The molecule has 1 heterocycles. The summed E-state index contributed by atoms with van der Waals surface area (Å²) in [6.45, 7) is 11.3. The van der Waals surface area contributed by atoms with Crippen molar-refractivity contribution >= 4 is 22.0 Å². The number of aromatic nitrogens is 2. The van der Waals surface area contributed by atoms with Gasteiger partial charge in [0.1, 0.15) is 0 Å². The van der Waals surface area contributed by atoms with Crippen LogP contribution in [0.15, 0.2) is 12.4 Å². The molecule has 0 aromatic carbocycles. The molecule has 1 rings (SSSR count). The van der Waals surface area contributed by atoms with Gasteiger partial charge in [0, 0.05) is 0 Å². The van der Waals surface area contributed by atoms with Crippen molar-refractivity contribution in [1.29, 1.82) is 0 Å². The Morgan fingerprint density at radius 3 is 1.95 bits per heavy atom. The minimum absolute atomic E-state index is 0.523. The fourth-order valence-electron chi connectivity index (χ4n) is 3.10. The summed E-state index contributed by atoms with van der Waals surface area (Å²) in [4.78, 5) is 8.92. The number of ether oxygens (including phenoxy) is 1. The third-order valence-corrected chi connectivity index (χ3v) is 19.9. The Kier molecular flexibility index (Phi) is 9.92. The van der Waals surface area contributed by atoms with E-state index in [2.05, 4.69) is 43.1 Å². The number of unbranched alkanes of at least 4 members (excludes halogenated alkanes) is 3. The van der Waals surface area contributed by atoms with Gasteiger partial charge in [-0.05, 0) is 0 Å². The fourth-order valence-corrected chi connectivity index (χ4v) is 18.2. The van der Waals surface area contributed by atoms with Gasteiger partial charge in [-0.15, -0.1) is 0 Å². The van der Waals surface area contributed by atoms with Crippen LogP contribution in [0.5, 0.6) is 6.01 Å². The van der Waals surface area contributed by atoms with E-state index >= 15 is 0 Å². The SMILES string of the molecule is [CH2+]CC[CH2][Sn]([CH2]CCC)([CH2]CCC)[c]1cnc(OCC)nc1. The molecule has 0 saturated carbocycles. The molecule has 0 radical (unpaired) electrons. The number of hydrogen-bond acceptors (Lipinski definition) is 3. The van der Waals surface area contributed by atoms with E-state index in [1.807, 2.05) is 6.92 Å². The molecular weight excluding hydrogens is 379 g/mol. The Labute approximate surface area is 141 Å². The second-order valence-electron chi connectivity index (χ2n) is 6.13. The zero-order valence-corrected chi connectivity index (χ0v) is 17.6. The summed E-state index contributed by atoms with van der Waals surface area (Å²) in [5.41, 5.74) is 0. The topological polar surface area (TPSA) is 35.0 Å². The molecule has 0 aliphatic rings. The van der Waals surface area contributed by atoms with Crippen LogP contribution in [-0.2, 0) is 0 Å². The predicted molar refractivity (Wildman–Crippen MR) is 97.4 cm³/mol. The Morgan fingerprint density at radius 2 is 1.50 bits per heavy atom. The maximum atomic E-state index is 5.41. The van der Waals surface area contributed by atoms with Crippen molar-refractivity contribution in [3.8, 4) is 6.01 Å². The Hall–Kier alpha value is -0.451. The maximum absolute atomic E-state index is 5.41. The summed E-state index contributed by atoms with van der Waals surface area (Å²) < 4.78 is 11.2. The van der Waals surface area contributed by atoms with E-state index in [0.717, 1.165) is 6.42 Å². The summed E-state index contributed by atoms with van der Waals surface area (Å²) in [5.74, 6) is 0. The quantitative estimate of drug-likeness (QED) is 0.367. The van der Waals surface area contributed by atoms with Gasteiger partial charge < -0.3 is 0 Å². The van der Waals surface area contributed by atoms with Crippen LogP contribution in [-0.4, -0.2) is 35.0 Å². The number of rotatable bonds is 12. The van der Waals surface area contributed by atoms with Crippen molar-refractivity contribution in [2.24, 2.45) is 0 Å². The molecule has 0 bridgehead atoms. The van der Waals surface area contributed by atoms with Crippen molar-refractivity contribution in [2.75, 3.05) is 6.61 Å². The molecule has 0 atom stereocenters. The Morgan fingerprint density at radius 1 is 0.955 bits per heavy atom. The average Bonchev–Trinajstić information content (AvgIpc) is 2.56. The molecule has 0 N–H and O–H groups in total. The molecule has 0 saturated heterocycles. The molecule has 0 aliphatic carbocycles. The molecule has 4 heteroatoms. The molecule has 0 amide bonds. The fraction of sp³-hybridized carbons (Fsp3) is 0.722. The standard InChI is InChI=1S/C6H7N2O.2C4H9.C4H8.Sn/c1-2-9-6-7-4-3-5-8-6;3*1-3-4-2;/h4-5H,2H2,1H3;2*1,3-4H2,2H3;1-4H2;/q;;;+1;. The monoisotopic (exact) mass is 413 g/mol. The molecule has 1 aromatic rings. The summed E-state index contributed by atoms with van der Waals surface area (Å²) in [6, 6.07) is 0.523. The van der Waals surface area contributed by atoms with Crippen molar-refractivity contribution < 1.29 is 4.74 Å². The minimum atomic E-state index is -2.38. The normalized spacial score (nSPS) is 11.6. The van der Waals surface area contributed by atoms with Gasteiger partial charge in [0.15, 0.2) is 0 Å². The van der Waals surface area contributed by atoms with Gasteiger partial charge in [-0.25, -0.2) is 0 Å². The third-order valence-electron chi connectivity index (χ3n) is 4.44. The van der Waals surface area contributed by atoms with Crippen molar-refractivity contribution in [3.63, 3.8) is 0 Å². The molecule has 124 valence electrons. The van der Waals surface area contributed by atoms with E-state index in [0.29, 0.717) is 12.6 Å². The van der Waals surface area contributed by atoms with E-state index in [1.165, 1.54) is 49.0 Å². The van der Waals surface area contributed by atoms with Gasteiger partial charge in [0.25, 0.3) is 0 Å². The van der Waals surface area contributed by atoms with Crippen molar-refractivity contribution in [2.45, 2.75) is 72.6 Å². The van der Waals surface area contributed by atoms with Gasteiger partial charge >= 0.3 is 141 Å². The van der Waals surface area contributed by atoms with Crippen LogP contribution in [0.1, 0.15) is 59.3 Å². The molecule has 3 nitrogen and oxygen atoms in total. The molecule has 0 unspecified atom stereocenters. The Balaban J connectivity index is 3.01. The van der Waals surface area contributed by atoms with Gasteiger partial charge in [0.05, 0.1) is 0 Å². The molecule has 0 aliphatic heterocycles. The zero-order valence-electron chi connectivity index (χ0n) is 14.7. The Bertz CT molecular complexity index is 373. The molecule has 0 spiro atoms. The van der Waals surface area contributed by atoms with Crippen molar-refractivity contribution in [3.05, 3.63) is 19.3 Å². The molecular formula is C18H33N2OSn+. The first-order valence-corrected chi connectivity index (χ1v) is 16.4. The van der Waals surface area contributed by atoms with Gasteiger partial charge in [-0.3, -0.25) is 0 Å². The van der Waals surface area contributed by atoms with Crippen molar-refractivity contribution in [1.82, 2.24) is 9.97 Å². The van der Waals surface area contributed by atoms with Gasteiger partial charge in [-0.1, -0.05) is 0 Å². The van der Waals surface area contributed by atoms with Crippen LogP contribution < -0.4 is 8.32 Å². The van der Waals surface area contributed by atoms with Crippen LogP contribution in [0, 0.1) is 6.92 Å². The third kappa shape index (κ3) is 5.98. The average molecular weight is 412 g/mol. The second kappa shape index (κ2) is 11.1. The van der Waals surface area contributed by atoms with E-state index in [4.69, 9.17) is 4.74 Å².